The third-order valence-electron chi connectivity index (χ3n) is 4.64. The molecule has 3 aromatic rings. The van der Waals surface area contributed by atoms with Gasteiger partial charge in [0.05, 0.1) is 13.0 Å². The number of hydrogen-bond donors (Lipinski definition) is 0. The molecule has 0 radical (unpaired) electrons. The molecule has 1 saturated heterocycles. The van der Waals surface area contributed by atoms with Gasteiger partial charge in [0.1, 0.15) is 11.9 Å². The average Bonchev–Trinajstić information content (AvgIpc) is 3.39. The zero-order valence-corrected chi connectivity index (χ0v) is 15.7. The Hall–Kier alpha value is -3.43. The van der Waals surface area contributed by atoms with E-state index in [2.05, 4.69) is 19.6 Å². The number of benzene rings is 1. The Morgan fingerprint density at radius 2 is 2.00 bits per heavy atom. The van der Waals surface area contributed by atoms with Crippen LogP contribution in [0.2, 0.25) is 0 Å². The fraction of sp³-hybridized carbons (Fsp3) is 0.300. The Morgan fingerprint density at radius 1 is 1.20 bits per heavy atom. The van der Waals surface area contributed by atoms with E-state index in [-0.39, 0.29) is 24.3 Å². The highest BCUT2D eigenvalue weighted by Gasteiger charge is 2.38. The number of rotatable bonds is 5. The fourth-order valence-corrected chi connectivity index (χ4v) is 3.15. The number of likely N-dealkylation sites (tertiary alicyclic amines) is 1. The second-order valence-corrected chi connectivity index (χ2v) is 6.81. The number of nitrogens with zero attached hydrogens (tertiary/aromatic N) is 4. The highest BCUT2D eigenvalue weighted by atomic mass is 19.4. The number of ether oxygens (including phenoxy) is 1. The lowest BCUT2D eigenvalue weighted by atomic mass is 10.2. The van der Waals surface area contributed by atoms with Gasteiger partial charge in [-0.05, 0) is 36.4 Å². The first-order valence-corrected chi connectivity index (χ1v) is 9.24. The van der Waals surface area contributed by atoms with Crippen LogP contribution >= 0.6 is 0 Å². The summed E-state index contributed by atoms with van der Waals surface area (Å²) < 4.78 is 47.9. The molecule has 0 bridgehead atoms. The van der Waals surface area contributed by atoms with Crippen molar-refractivity contribution in [2.24, 2.45) is 0 Å². The van der Waals surface area contributed by atoms with Crippen LogP contribution < -0.4 is 4.74 Å². The molecule has 0 spiro atoms. The maximum atomic E-state index is 12.6. The van der Waals surface area contributed by atoms with Crippen molar-refractivity contribution in [2.75, 3.05) is 13.1 Å². The topological polar surface area (TPSA) is 81.4 Å². The van der Waals surface area contributed by atoms with Crippen molar-refractivity contribution in [3.8, 4) is 17.1 Å². The highest BCUT2D eigenvalue weighted by Crippen LogP contribution is 2.30. The monoisotopic (exact) mass is 418 g/mol. The minimum atomic E-state index is -4.68. The van der Waals surface area contributed by atoms with Gasteiger partial charge >= 0.3 is 12.1 Å². The number of halogens is 3. The van der Waals surface area contributed by atoms with E-state index < -0.39 is 12.1 Å². The normalized spacial score (nSPS) is 16.6. The Balaban J connectivity index is 1.33. The van der Waals surface area contributed by atoms with E-state index in [1.54, 1.807) is 41.4 Å². The zero-order chi connectivity index (χ0) is 21.1. The Bertz CT molecular complexity index is 1010. The lowest BCUT2D eigenvalue weighted by Gasteiger charge is -2.17. The number of alkyl halides is 3. The van der Waals surface area contributed by atoms with Gasteiger partial charge in [-0.2, -0.15) is 18.2 Å². The molecule has 3 heterocycles. The molecule has 1 fully saturated rings. The van der Waals surface area contributed by atoms with Gasteiger partial charge in [0, 0.05) is 30.4 Å². The van der Waals surface area contributed by atoms with E-state index >= 15 is 0 Å². The van der Waals surface area contributed by atoms with Crippen LogP contribution in [-0.2, 0) is 17.4 Å². The van der Waals surface area contributed by atoms with E-state index in [4.69, 9.17) is 4.74 Å². The van der Waals surface area contributed by atoms with Gasteiger partial charge in [0.25, 0.3) is 0 Å². The van der Waals surface area contributed by atoms with Crippen LogP contribution in [0.15, 0.2) is 53.2 Å². The fourth-order valence-electron chi connectivity index (χ4n) is 3.15. The number of carbonyl (C=O) groups is 1. The minimum absolute atomic E-state index is 0.00674. The highest BCUT2D eigenvalue weighted by molar-refractivity contribution is 5.78. The summed E-state index contributed by atoms with van der Waals surface area (Å²) in [5, 5.41) is 3.35. The molecule has 30 heavy (non-hydrogen) atoms. The maximum Gasteiger partial charge on any atom is 0.471 e. The van der Waals surface area contributed by atoms with Crippen LogP contribution in [0.1, 0.15) is 18.0 Å². The molecule has 2 aromatic heterocycles. The van der Waals surface area contributed by atoms with Crippen LogP contribution in [0.3, 0.4) is 0 Å². The summed E-state index contributed by atoms with van der Waals surface area (Å²) >= 11 is 0. The molecule has 156 valence electrons. The quantitative estimate of drug-likeness (QED) is 0.632. The van der Waals surface area contributed by atoms with Gasteiger partial charge < -0.3 is 14.2 Å². The summed E-state index contributed by atoms with van der Waals surface area (Å²) in [6, 6.07) is 11.8. The molecule has 1 amide bonds. The van der Waals surface area contributed by atoms with Crippen LogP contribution in [0.25, 0.3) is 11.4 Å². The molecule has 0 saturated carbocycles. The van der Waals surface area contributed by atoms with Crippen molar-refractivity contribution < 1.29 is 27.2 Å². The summed E-state index contributed by atoms with van der Waals surface area (Å²) in [6.07, 6.45) is -2.26. The molecule has 0 aliphatic carbocycles. The molecule has 1 atom stereocenters. The smallest absolute Gasteiger partial charge is 0.471 e. The summed E-state index contributed by atoms with van der Waals surface area (Å²) in [7, 11) is 0. The van der Waals surface area contributed by atoms with Gasteiger partial charge in [-0.15, -0.1) is 0 Å². The second kappa shape index (κ2) is 8.13. The standard InChI is InChI=1S/C20H17F3N4O3/c21-20(22,23)19-25-18(26-30-19)13-4-6-15(7-5-13)29-16-8-10-27(12-16)17(28)11-14-3-1-2-9-24-14/h1-7,9,16H,8,10-12H2/t16-/m1/s1. The number of hydrogen-bond acceptors (Lipinski definition) is 6. The van der Waals surface area contributed by atoms with E-state index in [9.17, 15) is 18.0 Å². The molecule has 0 N–H and O–H groups in total. The van der Waals surface area contributed by atoms with E-state index in [0.717, 1.165) is 5.69 Å². The van der Waals surface area contributed by atoms with Crippen molar-refractivity contribution in [1.82, 2.24) is 20.0 Å². The van der Waals surface area contributed by atoms with Crippen molar-refractivity contribution in [3.63, 3.8) is 0 Å². The number of carbonyl (C=O) groups excluding carboxylic acids is 1. The largest absolute Gasteiger partial charge is 0.489 e. The van der Waals surface area contributed by atoms with E-state index in [0.29, 0.717) is 30.8 Å². The molecule has 7 nitrogen and oxygen atoms in total. The van der Waals surface area contributed by atoms with Gasteiger partial charge in [-0.3, -0.25) is 9.78 Å². The molecular weight excluding hydrogens is 401 g/mol. The lowest BCUT2D eigenvalue weighted by molar-refractivity contribution is -0.159. The Labute approximate surface area is 169 Å². The van der Waals surface area contributed by atoms with Crippen LogP contribution in [0, 0.1) is 0 Å². The van der Waals surface area contributed by atoms with Crippen LogP contribution in [0.5, 0.6) is 5.75 Å². The molecule has 4 rings (SSSR count). The lowest BCUT2D eigenvalue weighted by Crippen LogP contribution is -2.32. The average molecular weight is 418 g/mol. The third-order valence-corrected chi connectivity index (χ3v) is 4.64. The molecular formula is C20H17F3N4O3. The molecule has 1 aromatic carbocycles. The third kappa shape index (κ3) is 4.58. The van der Waals surface area contributed by atoms with Gasteiger partial charge in [-0.25, -0.2) is 0 Å². The zero-order valence-electron chi connectivity index (χ0n) is 15.7. The first-order valence-electron chi connectivity index (χ1n) is 9.24. The first-order chi connectivity index (χ1) is 14.4. The number of pyridine rings is 1. The van der Waals surface area contributed by atoms with E-state index in [1.165, 1.54) is 0 Å². The van der Waals surface area contributed by atoms with Crippen LogP contribution in [0.4, 0.5) is 13.2 Å². The molecule has 0 unspecified atom stereocenters. The van der Waals surface area contributed by atoms with Crippen molar-refractivity contribution in [2.45, 2.75) is 25.1 Å². The minimum Gasteiger partial charge on any atom is -0.489 e. The summed E-state index contributed by atoms with van der Waals surface area (Å²) in [6.45, 7) is 1.06. The van der Waals surface area contributed by atoms with Crippen LogP contribution in [-0.4, -0.2) is 45.1 Å². The molecule has 1 aliphatic heterocycles. The van der Waals surface area contributed by atoms with Gasteiger partial charge in [0.15, 0.2) is 0 Å². The summed E-state index contributed by atoms with van der Waals surface area (Å²) in [5.41, 5.74) is 1.10. The van der Waals surface area contributed by atoms with Crippen molar-refractivity contribution in [3.05, 3.63) is 60.2 Å². The number of aromatic nitrogens is 3. The Morgan fingerprint density at radius 3 is 2.67 bits per heavy atom. The van der Waals surface area contributed by atoms with E-state index in [1.807, 2.05) is 12.1 Å². The second-order valence-electron chi connectivity index (χ2n) is 6.81. The predicted octanol–water partition coefficient (Wildman–Crippen LogP) is 3.37. The van der Waals surface area contributed by atoms with Gasteiger partial charge in [0.2, 0.25) is 11.7 Å². The Kier molecular flexibility index (Phi) is 5.39. The maximum absolute atomic E-state index is 12.6. The van der Waals surface area contributed by atoms with Crippen molar-refractivity contribution >= 4 is 5.91 Å². The molecule has 10 heteroatoms. The first kappa shape index (κ1) is 19.9. The number of amides is 1. The predicted molar refractivity (Wildman–Crippen MR) is 98.3 cm³/mol. The van der Waals surface area contributed by atoms with Crippen molar-refractivity contribution in [1.29, 1.82) is 0 Å². The summed E-state index contributed by atoms with van der Waals surface area (Å²) in [4.78, 5) is 21.7. The summed E-state index contributed by atoms with van der Waals surface area (Å²) in [5.74, 6) is -1.00. The van der Waals surface area contributed by atoms with Gasteiger partial charge in [-0.1, -0.05) is 11.2 Å². The SMILES string of the molecule is O=C(Cc1ccccn1)N1CC[C@@H](Oc2ccc(-c3noc(C(F)(F)F)n3)cc2)C1. The molecule has 1 aliphatic rings.